The minimum Gasteiger partial charge on any atom is -0.456 e. The summed E-state index contributed by atoms with van der Waals surface area (Å²) in [7, 11) is -3.46. The van der Waals surface area contributed by atoms with Crippen LogP contribution in [-0.4, -0.2) is 0 Å². The lowest BCUT2D eigenvalue weighted by atomic mass is 9.87. The highest BCUT2D eigenvalue weighted by atomic mass is 31.2. The van der Waals surface area contributed by atoms with Gasteiger partial charge in [0.25, 0.3) is 0 Å². The summed E-state index contributed by atoms with van der Waals surface area (Å²) in [5.41, 5.74) is 5.43. The maximum atomic E-state index is 16.4. The molecule has 0 radical (unpaired) electrons. The van der Waals surface area contributed by atoms with Crippen molar-refractivity contribution >= 4 is 110 Å². The Hall–Kier alpha value is -6.93. The molecule has 56 heavy (non-hydrogen) atoms. The molecule has 0 aliphatic rings. The second-order valence-electron chi connectivity index (χ2n) is 14.7. The lowest BCUT2D eigenvalue weighted by Crippen LogP contribution is -2.25. The largest absolute Gasteiger partial charge is 0.456 e. The van der Waals surface area contributed by atoms with Gasteiger partial charge in [-0.2, -0.15) is 0 Å². The molecule has 12 rings (SSSR count). The van der Waals surface area contributed by atoms with Gasteiger partial charge < -0.3 is 13.4 Å². The van der Waals surface area contributed by atoms with Crippen molar-refractivity contribution in [3.8, 4) is 11.1 Å². The molecule has 0 saturated heterocycles. The van der Waals surface area contributed by atoms with Crippen LogP contribution >= 0.6 is 7.14 Å². The summed E-state index contributed by atoms with van der Waals surface area (Å²) in [6.07, 6.45) is 0. The van der Waals surface area contributed by atoms with Gasteiger partial charge in [-0.25, -0.2) is 0 Å². The van der Waals surface area contributed by atoms with Gasteiger partial charge >= 0.3 is 0 Å². The molecule has 0 aliphatic carbocycles. The van der Waals surface area contributed by atoms with Crippen LogP contribution < -0.4 is 15.9 Å². The SMILES string of the molecule is O=P(c1ccc(-c2c3ccc4ccccc4c3cc3ccc4ccccc4c23)cc1)(c1ccc2oc3ccccc3c2c1)c1ccc2oc3ccccc3c2c1. The molecule has 0 fully saturated rings. The molecular weight excluding hydrogens is 704 g/mol. The van der Waals surface area contributed by atoms with Crippen molar-refractivity contribution < 1.29 is 13.4 Å². The maximum absolute atomic E-state index is 16.4. The monoisotopic (exact) mass is 734 g/mol. The van der Waals surface area contributed by atoms with E-state index in [0.29, 0.717) is 0 Å². The van der Waals surface area contributed by atoms with Crippen molar-refractivity contribution in [1.29, 1.82) is 0 Å². The van der Waals surface area contributed by atoms with Crippen LogP contribution in [0, 0.1) is 0 Å². The average molecular weight is 735 g/mol. The Labute approximate surface area is 321 Å². The van der Waals surface area contributed by atoms with Gasteiger partial charge in [-0.1, -0.05) is 133 Å². The average Bonchev–Trinajstić information content (AvgIpc) is 3.83. The summed E-state index contributed by atoms with van der Waals surface area (Å²) < 4.78 is 28.8. The van der Waals surface area contributed by atoms with Crippen molar-refractivity contribution in [2.75, 3.05) is 0 Å². The number of para-hydroxylation sites is 2. The highest BCUT2D eigenvalue weighted by Gasteiger charge is 2.32. The van der Waals surface area contributed by atoms with Gasteiger partial charge in [-0.15, -0.1) is 0 Å². The van der Waals surface area contributed by atoms with Crippen molar-refractivity contribution in [2.45, 2.75) is 0 Å². The fourth-order valence-corrected chi connectivity index (χ4v) is 11.7. The van der Waals surface area contributed by atoms with Crippen LogP contribution in [0.3, 0.4) is 0 Å². The molecule has 0 aliphatic heterocycles. The first-order valence-corrected chi connectivity index (χ1v) is 20.6. The fraction of sp³-hybridized carbons (Fsp3) is 0. The van der Waals surface area contributed by atoms with Crippen LogP contribution in [0.2, 0.25) is 0 Å². The van der Waals surface area contributed by atoms with Gasteiger partial charge in [0.2, 0.25) is 0 Å². The van der Waals surface area contributed by atoms with Crippen LogP contribution in [0.5, 0.6) is 0 Å². The molecule has 2 aromatic heterocycles. The summed E-state index contributed by atoms with van der Waals surface area (Å²) in [5.74, 6) is 0. The quantitative estimate of drug-likeness (QED) is 0.103. The normalized spacial score (nSPS) is 12.4. The number of rotatable bonds is 4. The number of furan rings is 2. The molecule has 4 heteroatoms. The summed E-state index contributed by atoms with van der Waals surface area (Å²) in [5, 5.41) is 15.9. The minimum atomic E-state index is -3.46. The zero-order valence-corrected chi connectivity index (χ0v) is 31.0. The van der Waals surface area contributed by atoms with Crippen molar-refractivity contribution in [3.63, 3.8) is 0 Å². The molecule has 0 unspecified atom stereocenters. The smallest absolute Gasteiger partial charge is 0.171 e. The van der Waals surface area contributed by atoms with Gasteiger partial charge in [0.1, 0.15) is 22.3 Å². The summed E-state index contributed by atoms with van der Waals surface area (Å²) in [6.45, 7) is 0. The Morgan fingerprint density at radius 3 is 1.45 bits per heavy atom. The molecule has 2 heterocycles. The van der Waals surface area contributed by atoms with E-state index >= 15 is 4.57 Å². The molecule has 0 amide bonds. The fourth-order valence-electron chi connectivity index (χ4n) is 9.05. The van der Waals surface area contributed by atoms with Crippen molar-refractivity contribution in [2.24, 2.45) is 0 Å². The Kier molecular flexibility index (Phi) is 6.61. The second-order valence-corrected chi connectivity index (χ2v) is 17.5. The Balaban J connectivity index is 1.12. The van der Waals surface area contributed by atoms with Gasteiger partial charge in [0.15, 0.2) is 7.14 Å². The van der Waals surface area contributed by atoms with Crippen molar-refractivity contribution in [3.05, 3.63) is 188 Å². The van der Waals surface area contributed by atoms with E-state index in [1.54, 1.807) is 0 Å². The third-order valence-corrected chi connectivity index (χ3v) is 14.8. The molecule has 0 saturated carbocycles. The molecule has 3 nitrogen and oxygen atoms in total. The Morgan fingerprint density at radius 1 is 0.321 bits per heavy atom. The molecule has 0 spiro atoms. The third-order valence-electron chi connectivity index (χ3n) is 11.7. The van der Waals surface area contributed by atoms with E-state index in [9.17, 15) is 0 Å². The van der Waals surface area contributed by atoms with Crippen LogP contribution in [0.25, 0.3) is 98.1 Å². The first-order chi connectivity index (χ1) is 27.6. The highest BCUT2D eigenvalue weighted by Crippen LogP contribution is 2.47. The minimum absolute atomic E-state index is 0.754. The van der Waals surface area contributed by atoms with Crippen LogP contribution in [0.1, 0.15) is 0 Å². The predicted octanol–water partition coefficient (Wildman–Crippen LogP) is 13.4. The van der Waals surface area contributed by atoms with E-state index in [1.165, 1.54) is 48.7 Å². The molecule has 262 valence electrons. The summed E-state index contributed by atoms with van der Waals surface area (Å²) >= 11 is 0. The van der Waals surface area contributed by atoms with Gasteiger partial charge in [0.05, 0.1) is 0 Å². The molecule has 10 aromatic carbocycles. The number of benzene rings is 10. The van der Waals surface area contributed by atoms with Crippen LogP contribution in [0.15, 0.2) is 197 Å². The van der Waals surface area contributed by atoms with Gasteiger partial charge in [-0.3, -0.25) is 0 Å². The zero-order valence-electron chi connectivity index (χ0n) is 30.1. The lowest BCUT2D eigenvalue weighted by molar-refractivity contribution is 0.592. The molecule has 0 atom stereocenters. The molecule has 0 N–H and O–H groups in total. The Morgan fingerprint density at radius 2 is 0.804 bits per heavy atom. The first kappa shape index (κ1) is 31.4. The lowest BCUT2D eigenvalue weighted by Gasteiger charge is -2.21. The van der Waals surface area contributed by atoms with E-state index in [0.717, 1.165) is 65.4 Å². The molecule has 12 aromatic rings. The van der Waals surface area contributed by atoms with E-state index in [2.05, 4.69) is 127 Å². The Bertz CT molecular complexity index is 3510. The molecule has 0 bridgehead atoms. The summed E-state index contributed by atoms with van der Waals surface area (Å²) in [4.78, 5) is 0. The number of fused-ring (bicyclic) bond motifs is 12. The summed E-state index contributed by atoms with van der Waals surface area (Å²) in [6, 6.07) is 65.2. The third kappa shape index (κ3) is 4.50. The highest BCUT2D eigenvalue weighted by molar-refractivity contribution is 7.85. The van der Waals surface area contributed by atoms with Gasteiger partial charge in [-0.05, 0) is 109 Å². The van der Waals surface area contributed by atoms with Crippen molar-refractivity contribution in [1.82, 2.24) is 0 Å². The number of hydrogen-bond donors (Lipinski definition) is 0. The second kappa shape index (κ2) is 11.8. The van der Waals surface area contributed by atoms with E-state index < -0.39 is 7.14 Å². The number of hydrogen-bond acceptors (Lipinski definition) is 3. The zero-order chi connectivity index (χ0) is 37.0. The topological polar surface area (TPSA) is 43.4 Å². The predicted molar refractivity (Wildman–Crippen MR) is 236 cm³/mol. The standard InChI is InChI=1S/C52H31O3P/c53-56(37-24-27-49-45(30-37)41-13-5-7-15-47(41)54-49,38-25-28-50-46(31-38)42-14-6-8-16-48(42)55-50)36-22-19-34(20-23-36)51-43-26-21-32-9-1-3-11-39(32)44(43)29-35-18-17-33-10-2-4-12-40(33)52(35)51/h1-31H. The van der Waals surface area contributed by atoms with Gasteiger partial charge in [0, 0.05) is 37.5 Å². The van der Waals surface area contributed by atoms with E-state index in [1.807, 2.05) is 60.7 Å². The molecular formula is C52H31O3P. The maximum Gasteiger partial charge on any atom is 0.171 e. The van der Waals surface area contributed by atoms with E-state index in [4.69, 9.17) is 8.83 Å². The first-order valence-electron chi connectivity index (χ1n) is 18.9. The van der Waals surface area contributed by atoms with Crippen LogP contribution in [-0.2, 0) is 4.57 Å². The van der Waals surface area contributed by atoms with E-state index in [-0.39, 0.29) is 0 Å². The van der Waals surface area contributed by atoms with Crippen LogP contribution in [0.4, 0.5) is 0 Å².